The number of phosphoric acid groups is 1. The lowest BCUT2D eigenvalue weighted by atomic mass is 10.3. The van der Waals surface area contributed by atoms with Crippen LogP contribution in [-0.4, -0.2) is 48.8 Å². The number of nitrogens with two attached hydrogens (primary N) is 1. The van der Waals surface area contributed by atoms with Gasteiger partial charge in [-0.15, -0.1) is 0 Å². The Morgan fingerprint density at radius 2 is 2.25 bits per heavy atom. The third-order valence-corrected chi connectivity index (χ3v) is 2.56. The minimum absolute atomic E-state index is 0.109. The molecule has 0 aromatic heterocycles. The van der Waals surface area contributed by atoms with Crippen molar-refractivity contribution >= 4 is 13.7 Å². The minimum atomic E-state index is -4.09. The van der Waals surface area contributed by atoms with Gasteiger partial charge in [-0.3, -0.25) is 13.8 Å². The Balaban J connectivity index is 4.01. The van der Waals surface area contributed by atoms with Crippen LogP contribution < -0.4 is 11.1 Å². The summed E-state index contributed by atoms with van der Waals surface area (Å²) in [6.45, 7) is -0.560. The molecule has 0 saturated carbocycles. The van der Waals surface area contributed by atoms with Gasteiger partial charge in [-0.25, -0.2) is 4.57 Å². The monoisotopic (exact) mass is 256 g/mol. The van der Waals surface area contributed by atoms with E-state index < -0.39 is 20.5 Å². The average molecular weight is 256 g/mol. The number of rotatable bonds is 8. The van der Waals surface area contributed by atoms with Gasteiger partial charge in [0.2, 0.25) is 5.91 Å². The minimum Gasteiger partial charge on any atom is -0.394 e. The van der Waals surface area contributed by atoms with Gasteiger partial charge in [0, 0.05) is 20.1 Å². The fraction of sp³-hybridized carbons (Fsp3) is 0.857. The van der Waals surface area contributed by atoms with Crippen LogP contribution in [0.3, 0.4) is 0 Å². The highest BCUT2D eigenvalue weighted by molar-refractivity contribution is 7.47. The topological polar surface area (TPSA) is 131 Å². The lowest BCUT2D eigenvalue weighted by Crippen LogP contribution is -2.41. The van der Waals surface area contributed by atoms with Crippen molar-refractivity contribution in [2.45, 2.75) is 12.5 Å². The maximum atomic E-state index is 11.1. The van der Waals surface area contributed by atoms with Crippen molar-refractivity contribution in [2.75, 3.05) is 26.9 Å². The second-order valence-electron chi connectivity index (χ2n) is 2.93. The highest BCUT2D eigenvalue weighted by Gasteiger charge is 2.21. The Hall–Kier alpha value is -0.500. The van der Waals surface area contributed by atoms with E-state index in [0.717, 1.165) is 7.11 Å². The number of amides is 1. The van der Waals surface area contributed by atoms with Crippen molar-refractivity contribution in [3.05, 3.63) is 0 Å². The van der Waals surface area contributed by atoms with Gasteiger partial charge >= 0.3 is 7.82 Å². The van der Waals surface area contributed by atoms with Crippen LogP contribution in [0.5, 0.6) is 0 Å². The second kappa shape index (κ2) is 7.72. The summed E-state index contributed by atoms with van der Waals surface area (Å²) in [5.41, 5.74) is 5.15. The van der Waals surface area contributed by atoms with Gasteiger partial charge in [0.25, 0.3) is 0 Å². The summed E-state index contributed by atoms with van der Waals surface area (Å²) in [7, 11) is -3.07. The van der Waals surface area contributed by atoms with E-state index in [1.165, 1.54) is 0 Å². The molecule has 0 bridgehead atoms. The van der Waals surface area contributed by atoms with Crippen molar-refractivity contribution in [1.82, 2.24) is 5.32 Å². The number of hydrogen-bond acceptors (Lipinski definition) is 6. The first-order valence-corrected chi connectivity index (χ1v) is 6.08. The quantitative estimate of drug-likeness (QED) is 0.392. The van der Waals surface area contributed by atoms with Crippen LogP contribution in [0.4, 0.5) is 0 Å². The van der Waals surface area contributed by atoms with Crippen LogP contribution in [0.2, 0.25) is 0 Å². The first-order valence-electron chi connectivity index (χ1n) is 4.58. The van der Waals surface area contributed by atoms with E-state index in [1.807, 2.05) is 0 Å². The summed E-state index contributed by atoms with van der Waals surface area (Å²) < 4.78 is 19.6. The highest BCUT2D eigenvalue weighted by Crippen LogP contribution is 2.41. The van der Waals surface area contributed by atoms with Crippen LogP contribution in [0.15, 0.2) is 0 Å². The molecule has 0 aliphatic carbocycles. The third-order valence-electron chi connectivity index (χ3n) is 1.63. The Morgan fingerprint density at radius 1 is 1.62 bits per heavy atom. The Labute approximate surface area is 93.3 Å². The molecule has 2 unspecified atom stereocenters. The molecule has 0 fully saturated rings. The van der Waals surface area contributed by atoms with E-state index in [4.69, 9.17) is 15.7 Å². The molecule has 0 radical (unpaired) electrons. The zero-order valence-corrected chi connectivity index (χ0v) is 9.85. The molecular formula is C7H17N2O6P. The Morgan fingerprint density at radius 3 is 2.69 bits per heavy atom. The number of nitrogens with one attached hydrogen (secondary N) is 1. The fourth-order valence-corrected chi connectivity index (χ4v) is 1.28. The van der Waals surface area contributed by atoms with E-state index >= 15 is 0 Å². The average Bonchev–Trinajstić information content (AvgIpc) is 2.24. The van der Waals surface area contributed by atoms with Crippen molar-refractivity contribution in [1.29, 1.82) is 0 Å². The molecule has 0 aromatic carbocycles. The summed E-state index contributed by atoms with van der Waals surface area (Å²) in [5, 5.41) is 11.3. The zero-order valence-electron chi connectivity index (χ0n) is 8.96. The lowest BCUT2D eigenvalue weighted by Gasteiger charge is -2.17. The fourth-order valence-electron chi connectivity index (χ4n) is 0.808. The lowest BCUT2D eigenvalue weighted by molar-refractivity contribution is -0.122. The normalized spacial score (nSPS) is 16.5. The van der Waals surface area contributed by atoms with Gasteiger partial charge in [0.1, 0.15) is 0 Å². The number of hydrogen-bond donors (Lipinski definition) is 4. The summed E-state index contributed by atoms with van der Waals surface area (Å²) in [4.78, 5) is 20.0. The zero-order chi connectivity index (χ0) is 12.6. The van der Waals surface area contributed by atoms with Gasteiger partial charge in [-0.05, 0) is 0 Å². The largest absolute Gasteiger partial charge is 0.471 e. The molecule has 1 amide bonds. The molecule has 5 N–H and O–H groups in total. The SMILES string of the molecule is COP(=O)(O)OCC(CO)NC(=O)CCN. The predicted octanol–water partition coefficient (Wildman–Crippen LogP) is -1.42. The second-order valence-corrected chi connectivity index (χ2v) is 4.49. The molecule has 0 aromatic rings. The number of phosphoric ester groups is 1. The Bertz CT molecular complexity index is 261. The predicted molar refractivity (Wildman–Crippen MR) is 55.5 cm³/mol. The first kappa shape index (κ1) is 15.5. The molecule has 2 atom stereocenters. The standard InChI is InChI=1S/C7H17N2O6P/c1-14-16(12,13)15-5-6(4-10)9-7(11)2-3-8/h6,10H,2-5,8H2,1H3,(H,9,11)(H,12,13). The van der Waals surface area contributed by atoms with Gasteiger partial charge in [-0.1, -0.05) is 0 Å². The van der Waals surface area contributed by atoms with Crippen molar-refractivity contribution in [2.24, 2.45) is 5.73 Å². The number of carbonyl (C=O) groups excluding carboxylic acids is 1. The first-order chi connectivity index (χ1) is 7.45. The van der Waals surface area contributed by atoms with Gasteiger partial charge in [0.15, 0.2) is 0 Å². The number of aliphatic hydroxyl groups is 1. The van der Waals surface area contributed by atoms with Gasteiger partial charge in [0.05, 0.1) is 19.3 Å². The van der Waals surface area contributed by atoms with Crippen molar-refractivity contribution in [3.8, 4) is 0 Å². The highest BCUT2D eigenvalue weighted by atomic mass is 31.2. The van der Waals surface area contributed by atoms with Crippen molar-refractivity contribution < 1.29 is 28.4 Å². The molecule has 96 valence electrons. The molecule has 9 heteroatoms. The number of aliphatic hydroxyl groups excluding tert-OH is 1. The smallest absolute Gasteiger partial charge is 0.394 e. The van der Waals surface area contributed by atoms with Crippen LogP contribution >= 0.6 is 7.82 Å². The maximum absolute atomic E-state index is 11.1. The molecule has 0 heterocycles. The van der Waals surface area contributed by atoms with Crippen LogP contribution in [0.1, 0.15) is 6.42 Å². The van der Waals surface area contributed by atoms with Crippen LogP contribution in [0.25, 0.3) is 0 Å². The molecule has 0 spiro atoms. The Kier molecular flexibility index (Phi) is 7.48. The molecule has 0 aliphatic rings. The number of carbonyl (C=O) groups is 1. The molecular weight excluding hydrogens is 239 g/mol. The van der Waals surface area contributed by atoms with E-state index in [2.05, 4.69) is 14.4 Å². The van der Waals surface area contributed by atoms with Gasteiger partial charge in [-0.2, -0.15) is 0 Å². The van der Waals surface area contributed by atoms with Crippen molar-refractivity contribution in [3.63, 3.8) is 0 Å². The summed E-state index contributed by atoms with van der Waals surface area (Å²) in [6.07, 6.45) is 0.109. The van der Waals surface area contributed by atoms with E-state index in [9.17, 15) is 9.36 Å². The molecule has 8 nitrogen and oxygen atoms in total. The van der Waals surface area contributed by atoms with Crippen LogP contribution in [0, 0.1) is 0 Å². The van der Waals surface area contributed by atoms with E-state index in [-0.39, 0.29) is 25.5 Å². The van der Waals surface area contributed by atoms with E-state index in [0.29, 0.717) is 0 Å². The molecule has 0 aliphatic heterocycles. The van der Waals surface area contributed by atoms with E-state index in [1.54, 1.807) is 0 Å². The summed E-state index contributed by atoms with van der Waals surface area (Å²) in [6, 6.07) is -0.769. The molecule has 0 rings (SSSR count). The van der Waals surface area contributed by atoms with Crippen LogP contribution in [-0.2, 0) is 18.4 Å². The third kappa shape index (κ3) is 6.89. The summed E-state index contributed by atoms with van der Waals surface area (Å²) >= 11 is 0. The molecule has 0 saturated heterocycles. The van der Waals surface area contributed by atoms with Gasteiger partial charge < -0.3 is 21.1 Å². The maximum Gasteiger partial charge on any atom is 0.471 e. The summed E-state index contributed by atoms with van der Waals surface area (Å²) in [5.74, 6) is -0.365. The molecule has 16 heavy (non-hydrogen) atoms.